The van der Waals surface area contributed by atoms with E-state index >= 15 is 0 Å². The average Bonchev–Trinajstić information content (AvgIpc) is 2.10. The molecule has 0 saturated carbocycles. The van der Waals surface area contributed by atoms with Crippen LogP contribution in [0.5, 0.6) is 0 Å². The molecule has 0 spiro atoms. The van der Waals surface area contributed by atoms with Gasteiger partial charge in [0.05, 0.1) is 5.60 Å². The molecule has 0 aliphatic heterocycles. The highest BCUT2D eigenvalue weighted by Gasteiger charge is 2.15. The van der Waals surface area contributed by atoms with Gasteiger partial charge in [0.1, 0.15) is 10.0 Å². The average molecular weight is 172 g/mol. The van der Waals surface area contributed by atoms with E-state index in [9.17, 15) is 5.11 Å². The summed E-state index contributed by atoms with van der Waals surface area (Å²) < 4.78 is 0. The van der Waals surface area contributed by atoms with Gasteiger partial charge in [0.25, 0.3) is 0 Å². The Hall–Kier alpha value is -0.480. The van der Waals surface area contributed by atoms with Crippen molar-refractivity contribution in [2.45, 2.75) is 32.8 Å². The summed E-state index contributed by atoms with van der Waals surface area (Å²) in [5.74, 6) is 0. The first kappa shape index (κ1) is 8.62. The Morgan fingerprint density at radius 3 is 2.45 bits per heavy atom. The van der Waals surface area contributed by atoms with E-state index in [1.807, 2.05) is 6.92 Å². The number of aromatic nitrogens is 2. The van der Waals surface area contributed by atoms with Crippen molar-refractivity contribution < 1.29 is 5.11 Å². The smallest absolute Gasteiger partial charge is 0.120 e. The zero-order valence-corrected chi connectivity index (χ0v) is 7.77. The topological polar surface area (TPSA) is 46.0 Å². The van der Waals surface area contributed by atoms with Crippen molar-refractivity contribution in [2.24, 2.45) is 0 Å². The Morgan fingerprint density at radius 2 is 2.09 bits per heavy atom. The first-order valence-electron chi connectivity index (χ1n) is 3.49. The van der Waals surface area contributed by atoms with Crippen molar-refractivity contribution in [3.05, 3.63) is 10.0 Å². The third-order valence-electron chi connectivity index (χ3n) is 1.15. The molecule has 4 heteroatoms. The lowest BCUT2D eigenvalue weighted by molar-refractivity contribution is 0.0807. The van der Waals surface area contributed by atoms with Gasteiger partial charge in [-0.25, -0.2) is 0 Å². The van der Waals surface area contributed by atoms with Crippen LogP contribution in [-0.2, 0) is 6.42 Å². The second kappa shape index (κ2) is 2.87. The van der Waals surface area contributed by atoms with E-state index in [2.05, 4.69) is 10.2 Å². The molecule has 1 heterocycles. The van der Waals surface area contributed by atoms with Crippen LogP contribution in [0.3, 0.4) is 0 Å². The van der Waals surface area contributed by atoms with Crippen LogP contribution in [0.25, 0.3) is 0 Å². The van der Waals surface area contributed by atoms with Crippen molar-refractivity contribution in [2.75, 3.05) is 0 Å². The second-order valence-corrected chi connectivity index (χ2v) is 4.47. The molecule has 0 saturated heterocycles. The fourth-order valence-electron chi connectivity index (χ4n) is 0.779. The molecule has 0 atom stereocenters. The SMILES string of the molecule is Cc1nnc(CC(C)(C)O)s1. The highest BCUT2D eigenvalue weighted by atomic mass is 32.1. The van der Waals surface area contributed by atoms with Gasteiger partial charge in [0.2, 0.25) is 0 Å². The quantitative estimate of drug-likeness (QED) is 0.728. The Morgan fingerprint density at radius 1 is 1.45 bits per heavy atom. The van der Waals surface area contributed by atoms with Gasteiger partial charge in [0.15, 0.2) is 0 Å². The van der Waals surface area contributed by atoms with Crippen molar-refractivity contribution in [3.8, 4) is 0 Å². The molecule has 62 valence electrons. The zero-order valence-electron chi connectivity index (χ0n) is 6.96. The van der Waals surface area contributed by atoms with E-state index in [1.165, 1.54) is 11.3 Å². The van der Waals surface area contributed by atoms with E-state index in [-0.39, 0.29) is 0 Å². The zero-order chi connectivity index (χ0) is 8.48. The summed E-state index contributed by atoms with van der Waals surface area (Å²) in [7, 11) is 0. The van der Waals surface area contributed by atoms with E-state index in [1.54, 1.807) is 13.8 Å². The van der Waals surface area contributed by atoms with Crippen LogP contribution in [0.2, 0.25) is 0 Å². The van der Waals surface area contributed by atoms with Gasteiger partial charge in [-0.2, -0.15) is 0 Å². The molecule has 0 fully saturated rings. The van der Waals surface area contributed by atoms with Crippen LogP contribution >= 0.6 is 11.3 Å². The third-order valence-corrected chi connectivity index (χ3v) is 1.99. The van der Waals surface area contributed by atoms with Crippen LogP contribution < -0.4 is 0 Å². The molecule has 3 nitrogen and oxygen atoms in total. The van der Waals surface area contributed by atoms with Gasteiger partial charge < -0.3 is 5.11 Å². The summed E-state index contributed by atoms with van der Waals surface area (Å²) in [5, 5.41) is 19.0. The van der Waals surface area contributed by atoms with Crippen molar-refractivity contribution >= 4 is 11.3 Å². The van der Waals surface area contributed by atoms with Gasteiger partial charge in [-0.1, -0.05) is 0 Å². The van der Waals surface area contributed by atoms with Gasteiger partial charge in [-0.05, 0) is 20.8 Å². The van der Waals surface area contributed by atoms with Crippen LogP contribution in [0.1, 0.15) is 23.9 Å². The predicted molar refractivity (Wildman–Crippen MR) is 44.6 cm³/mol. The van der Waals surface area contributed by atoms with E-state index in [4.69, 9.17) is 0 Å². The Kier molecular flexibility index (Phi) is 2.25. The molecule has 1 N–H and O–H groups in total. The lowest BCUT2D eigenvalue weighted by Gasteiger charge is -2.13. The summed E-state index contributed by atoms with van der Waals surface area (Å²) in [6, 6.07) is 0. The lowest BCUT2D eigenvalue weighted by Crippen LogP contribution is -2.21. The fraction of sp³-hybridized carbons (Fsp3) is 0.714. The maximum Gasteiger partial charge on any atom is 0.120 e. The van der Waals surface area contributed by atoms with Crippen molar-refractivity contribution in [3.63, 3.8) is 0 Å². The molecule has 0 aromatic carbocycles. The molecule has 1 aromatic heterocycles. The number of rotatable bonds is 2. The molecule has 0 radical (unpaired) electrons. The van der Waals surface area contributed by atoms with Gasteiger partial charge in [0, 0.05) is 6.42 Å². The monoisotopic (exact) mass is 172 g/mol. The van der Waals surface area contributed by atoms with E-state index < -0.39 is 5.60 Å². The Bertz CT molecular complexity index is 239. The molecule has 0 amide bonds. The maximum absolute atomic E-state index is 9.42. The molecular formula is C7H12N2OS. The van der Waals surface area contributed by atoms with Crippen LogP contribution in [0, 0.1) is 6.92 Å². The fourth-order valence-corrected chi connectivity index (χ4v) is 1.71. The van der Waals surface area contributed by atoms with Crippen molar-refractivity contribution in [1.82, 2.24) is 10.2 Å². The maximum atomic E-state index is 9.42. The first-order chi connectivity index (χ1) is 4.97. The second-order valence-electron chi connectivity index (χ2n) is 3.20. The highest BCUT2D eigenvalue weighted by Crippen LogP contribution is 2.15. The summed E-state index contributed by atoms with van der Waals surface area (Å²) in [6.45, 7) is 5.44. The molecule has 0 aliphatic rings. The summed E-state index contributed by atoms with van der Waals surface area (Å²) in [6.07, 6.45) is 0.582. The minimum Gasteiger partial charge on any atom is -0.390 e. The molecular weight excluding hydrogens is 160 g/mol. The minimum atomic E-state index is -0.675. The van der Waals surface area contributed by atoms with E-state index in [0.717, 1.165) is 10.0 Å². The van der Waals surface area contributed by atoms with Gasteiger partial charge in [-0.3, -0.25) is 0 Å². The van der Waals surface area contributed by atoms with Crippen LogP contribution in [-0.4, -0.2) is 20.9 Å². The Labute approximate surface area is 70.1 Å². The van der Waals surface area contributed by atoms with E-state index in [0.29, 0.717) is 6.42 Å². The number of nitrogens with zero attached hydrogens (tertiary/aromatic N) is 2. The Balaban J connectivity index is 2.65. The van der Waals surface area contributed by atoms with Gasteiger partial charge >= 0.3 is 0 Å². The number of aryl methyl sites for hydroxylation is 1. The summed E-state index contributed by atoms with van der Waals surface area (Å²) in [5.41, 5.74) is -0.675. The van der Waals surface area contributed by atoms with Crippen molar-refractivity contribution in [1.29, 1.82) is 0 Å². The normalized spacial score (nSPS) is 12.0. The highest BCUT2D eigenvalue weighted by molar-refractivity contribution is 7.11. The van der Waals surface area contributed by atoms with Crippen LogP contribution in [0.15, 0.2) is 0 Å². The van der Waals surface area contributed by atoms with Crippen LogP contribution in [0.4, 0.5) is 0 Å². The predicted octanol–water partition coefficient (Wildman–Crippen LogP) is 1.16. The molecule has 1 rings (SSSR count). The third kappa shape index (κ3) is 2.95. The largest absolute Gasteiger partial charge is 0.390 e. The number of hydrogen-bond acceptors (Lipinski definition) is 4. The standard InChI is InChI=1S/C7H12N2OS/c1-5-8-9-6(11-5)4-7(2,3)10/h10H,4H2,1-3H3. The molecule has 11 heavy (non-hydrogen) atoms. The number of aliphatic hydroxyl groups is 1. The molecule has 0 aliphatic carbocycles. The first-order valence-corrected chi connectivity index (χ1v) is 4.30. The molecule has 0 bridgehead atoms. The number of hydrogen-bond donors (Lipinski definition) is 1. The summed E-state index contributed by atoms with van der Waals surface area (Å²) >= 11 is 1.53. The van der Waals surface area contributed by atoms with Gasteiger partial charge in [-0.15, -0.1) is 21.5 Å². The minimum absolute atomic E-state index is 0.582. The molecule has 1 aromatic rings. The molecule has 0 unspecified atom stereocenters. The summed E-state index contributed by atoms with van der Waals surface area (Å²) in [4.78, 5) is 0. The lowest BCUT2D eigenvalue weighted by atomic mass is 10.1.